The SMILES string of the molecule is Nc1nc(N2CCCC(C(=O)N3CCCC3)C2)ccc1NC(=O)O. The molecular weight excluding hydrogens is 310 g/mol. The third-order valence-corrected chi connectivity index (χ3v) is 4.66. The van der Waals surface area contributed by atoms with Crippen LogP contribution in [0.1, 0.15) is 25.7 Å². The Morgan fingerprint density at radius 1 is 1.21 bits per heavy atom. The van der Waals surface area contributed by atoms with Gasteiger partial charge in [-0.2, -0.15) is 0 Å². The van der Waals surface area contributed by atoms with E-state index < -0.39 is 6.09 Å². The minimum atomic E-state index is -1.18. The van der Waals surface area contributed by atoms with Crippen molar-refractivity contribution in [2.24, 2.45) is 5.92 Å². The number of nitrogens with two attached hydrogens (primary N) is 1. The van der Waals surface area contributed by atoms with Gasteiger partial charge in [0.05, 0.1) is 11.6 Å². The molecule has 24 heavy (non-hydrogen) atoms. The number of aromatic nitrogens is 1. The molecule has 8 nitrogen and oxygen atoms in total. The van der Waals surface area contributed by atoms with Crippen molar-refractivity contribution in [3.05, 3.63) is 12.1 Å². The molecule has 8 heteroatoms. The van der Waals surface area contributed by atoms with E-state index in [4.69, 9.17) is 10.8 Å². The Kier molecular flexibility index (Phi) is 4.73. The maximum atomic E-state index is 12.6. The van der Waals surface area contributed by atoms with Gasteiger partial charge in [0, 0.05) is 26.2 Å². The predicted molar refractivity (Wildman–Crippen MR) is 91.0 cm³/mol. The highest BCUT2D eigenvalue weighted by molar-refractivity contribution is 5.87. The molecule has 2 saturated heterocycles. The monoisotopic (exact) mass is 333 g/mol. The second kappa shape index (κ2) is 6.94. The zero-order valence-electron chi connectivity index (χ0n) is 13.6. The highest BCUT2D eigenvalue weighted by Gasteiger charge is 2.31. The highest BCUT2D eigenvalue weighted by Crippen LogP contribution is 2.27. The van der Waals surface area contributed by atoms with Crippen molar-refractivity contribution in [1.29, 1.82) is 0 Å². The van der Waals surface area contributed by atoms with Gasteiger partial charge in [0.1, 0.15) is 11.6 Å². The quantitative estimate of drug-likeness (QED) is 0.774. The van der Waals surface area contributed by atoms with Crippen LogP contribution in [0.15, 0.2) is 12.1 Å². The smallest absolute Gasteiger partial charge is 0.409 e. The number of pyridine rings is 1. The first-order valence-electron chi connectivity index (χ1n) is 8.35. The molecule has 1 aromatic heterocycles. The number of anilines is 3. The number of carbonyl (C=O) groups excluding carboxylic acids is 1. The van der Waals surface area contributed by atoms with E-state index >= 15 is 0 Å². The molecule has 0 aliphatic carbocycles. The van der Waals surface area contributed by atoms with Crippen LogP contribution in [0.2, 0.25) is 0 Å². The molecule has 3 heterocycles. The average molecular weight is 333 g/mol. The van der Waals surface area contributed by atoms with Crippen molar-refractivity contribution in [3.63, 3.8) is 0 Å². The molecule has 4 N–H and O–H groups in total. The Morgan fingerprint density at radius 2 is 1.96 bits per heavy atom. The minimum absolute atomic E-state index is 0.00306. The van der Waals surface area contributed by atoms with E-state index in [1.54, 1.807) is 12.1 Å². The summed E-state index contributed by atoms with van der Waals surface area (Å²) in [7, 11) is 0. The Labute approximate surface area is 140 Å². The van der Waals surface area contributed by atoms with Crippen molar-refractivity contribution in [2.75, 3.05) is 42.1 Å². The van der Waals surface area contributed by atoms with Crippen molar-refractivity contribution in [3.8, 4) is 0 Å². The van der Waals surface area contributed by atoms with Crippen molar-refractivity contribution in [1.82, 2.24) is 9.88 Å². The molecule has 0 aromatic carbocycles. The van der Waals surface area contributed by atoms with E-state index in [9.17, 15) is 9.59 Å². The Bertz CT molecular complexity index is 630. The zero-order chi connectivity index (χ0) is 17.1. The normalized spacial score (nSPS) is 20.9. The van der Waals surface area contributed by atoms with Gasteiger partial charge < -0.3 is 20.6 Å². The van der Waals surface area contributed by atoms with Crippen LogP contribution in [0.3, 0.4) is 0 Å². The van der Waals surface area contributed by atoms with Crippen LogP contribution in [0.4, 0.5) is 22.1 Å². The molecule has 0 spiro atoms. The van der Waals surface area contributed by atoms with Gasteiger partial charge in [-0.3, -0.25) is 10.1 Å². The lowest BCUT2D eigenvalue weighted by atomic mass is 9.96. The van der Waals surface area contributed by atoms with Gasteiger partial charge in [-0.25, -0.2) is 9.78 Å². The van der Waals surface area contributed by atoms with Crippen molar-refractivity contribution in [2.45, 2.75) is 25.7 Å². The third-order valence-electron chi connectivity index (χ3n) is 4.66. The summed E-state index contributed by atoms with van der Waals surface area (Å²) in [5.74, 6) is 1.07. The summed E-state index contributed by atoms with van der Waals surface area (Å²) < 4.78 is 0. The van der Waals surface area contributed by atoms with E-state index in [1.807, 2.05) is 4.90 Å². The van der Waals surface area contributed by atoms with E-state index in [0.29, 0.717) is 12.4 Å². The molecule has 0 saturated carbocycles. The standard InChI is InChI=1S/C16H23N5O3/c17-14-12(18-16(23)24)5-6-13(19-14)21-9-3-4-11(10-21)15(22)20-7-1-2-8-20/h5-6,11,18H,1-4,7-10H2,(H2,17,19)(H,23,24). The molecule has 3 rings (SSSR count). The van der Waals surface area contributed by atoms with Gasteiger partial charge in [0.15, 0.2) is 0 Å². The van der Waals surface area contributed by atoms with Crippen LogP contribution in [-0.4, -0.2) is 53.2 Å². The van der Waals surface area contributed by atoms with Crippen LogP contribution in [0.5, 0.6) is 0 Å². The van der Waals surface area contributed by atoms with E-state index in [0.717, 1.165) is 45.3 Å². The van der Waals surface area contributed by atoms with Crippen LogP contribution in [0.25, 0.3) is 0 Å². The second-order valence-electron chi connectivity index (χ2n) is 6.35. The zero-order valence-corrected chi connectivity index (χ0v) is 13.6. The summed E-state index contributed by atoms with van der Waals surface area (Å²) in [4.78, 5) is 31.6. The first-order chi connectivity index (χ1) is 11.5. The number of amides is 2. The van der Waals surface area contributed by atoms with E-state index in [1.165, 1.54) is 0 Å². The number of hydrogen-bond donors (Lipinski definition) is 3. The molecule has 2 aliphatic rings. The van der Waals surface area contributed by atoms with E-state index in [2.05, 4.69) is 15.2 Å². The molecule has 1 atom stereocenters. The average Bonchev–Trinajstić information content (AvgIpc) is 3.10. The summed E-state index contributed by atoms with van der Waals surface area (Å²) in [6.07, 6.45) is 2.85. The topological polar surface area (TPSA) is 112 Å². The molecule has 0 radical (unpaired) electrons. The van der Waals surface area contributed by atoms with Gasteiger partial charge >= 0.3 is 6.09 Å². The maximum absolute atomic E-state index is 12.6. The van der Waals surface area contributed by atoms with Crippen molar-refractivity contribution < 1.29 is 14.7 Å². The molecule has 130 valence electrons. The Hall–Kier alpha value is -2.51. The fraction of sp³-hybridized carbons (Fsp3) is 0.562. The highest BCUT2D eigenvalue weighted by atomic mass is 16.4. The molecule has 0 bridgehead atoms. The number of likely N-dealkylation sites (tertiary alicyclic amines) is 1. The van der Waals surface area contributed by atoms with Gasteiger partial charge in [0.25, 0.3) is 0 Å². The maximum Gasteiger partial charge on any atom is 0.409 e. The van der Waals surface area contributed by atoms with E-state index in [-0.39, 0.29) is 23.3 Å². The predicted octanol–water partition coefficient (Wildman–Crippen LogP) is 1.59. The largest absolute Gasteiger partial charge is 0.465 e. The minimum Gasteiger partial charge on any atom is -0.465 e. The third kappa shape index (κ3) is 3.52. The number of nitrogens with one attached hydrogen (secondary N) is 1. The Balaban J connectivity index is 1.69. The summed E-state index contributed by atoms with van der Waals surface area (Å²) >= 11 is 0. The summed E-state index contributed by atoms with van der Waals surface area (Å²) in [5.41, 5.74) is 6.10. The van der Waals surface area contributed by atoms with Crippen LogP contribution < -0.4 is 16.0 Å². The van der Waals surface area contributed by atoms with Crippen LogP contribution in [0, 0.1) is 5.92 Å². The lowest BCUT2D eigenvalue weighted by Gasteiger charge is -2.34. The first-order valence-corrected chi connectivity index (χ1v) is 8.35. The van der Waals surface area contributed by atoms with Gasteiger partial charge in [0.2, 0.25) is 5.91 Å². The number of nitrogen functional groups attached to an aromatic ring is 1. The Morgan fingerprint density at radius 3 is 2.62 bits per heavy atom. The van der Waals surface area contributed by atoms with Crippen LogP contribution in [-0.2, 0) is 4.79 Å². The number of carboxylic acid groups (broad SMARTS) is 1. The fourth-order valence-corrected chi connectivity index (χ4v) is 3.44. The molecular formula is C16H23N5O3. The van der Waals surface area contributed by atoms with Gasteiger partial charge in [-0.1, -0.05) is 0 Å². The number of piperidine rings is 1. The number of nitrogens with zero attached hydrogens (tertiary/aromatic N) is 3. The number of carbonyl (C=O) groups is 2. The summed E-state index contributed by atoms with van der Waals surface area (Å²) in [5, 5.41) is 11.0. The number of rotatable bonds is 3. The van der Waals surface area contributed by atoms with Gasteiger partial charge in [-0.05, 0) is 37.8 Å². The fourth-order valence-electron chi connectivity index (χ4n) is 3.44. The summed E-state index contributed by atoms with van der Waals surface area (Å²) in [6, 6.07) is 3.35. The van der Waals surface area contributed by atoms with Gasteiger partial charge in [-0.15, -0.1) is 0 Å². The lowest BCUT2D eigenvalue weighted by Crippen LogP contribution is -2.44. The lowest BCUT2D eigenvalue weighted by molar-refractivity contribution is -0.134. The molecule has 2 amide bonds. The molecule has 2 fully saturated rings. The number of hydrogen-bond acceptors (Lipinski definition) is 5. The molecule has 2 aliphatic heterocycles. The van der Waals surface area contributed by atoms with Crippen molar-refractivity contribution >= 4 is 29.3 Å². The molecule has 1 aromatic rings. The summed E-state index contributed by atoms with van der Waals surface area (Å²) in [6.45, 7) is 3.20. The van der Waals surface area contributed by atoms with Crippen LogP contribution >= 0.6 is 0 Å². The second-order valence-corrected chi connectivity index (χ2v) is 6.35. The first kappa shape index (κ1) is 16.4. The molecule has 1 unspecified atom stereocenters.